The molecule has 0 fully saturated rings. The van der Waals surface area contributed by atoms with Crippen LogP contribution in [0.2, 0.25) is 0 Å². The van der Waals surface area contributed by atoms with Crippen molar-refractivity contribution in [3.8, 4) is 5.75 Å². The maximum atomic E-state index is 12.0. The van der Waals surface area contributed by atoms with E-state index in [1.54, 1.807) is 12.1 Å². The van der Waals surface area contributed by atoms with Gasteiger partial charge in [0, 0.05) is 5.69 Å². The molecule has 2 aromatic rings. The average molecular weight is 341 g/mol. The number of esters is 1. The zero-order chi connectivity index (χ0) is 18.4. The second-order valence-electron chi connectivity index (χ2n) is 6.00. The Bertz CT molecular complexity index is 733. The summed E-state index contributed by atoms with van der Waals surface area (Å²) in [4.78, 5) is 24.0. The number of ether oxygens (including phenoxy) is 2. The van der Waals surface area contributed by atoms with E-state index in [4.69, 9.17) is 9.47 Å². The topological polar surface area (TPSA) is 64.6 Å². The number of benzene rings is 2. The lowest BCUT2D eigenvalue weighted by Crippen LogP contribution is -2.31. The minimum Gasteiger partial charge on any atom is -0.481 e. The predicted molar refractivity (Wildman–Crippen MR) is 96.8 cm³/mol. The summed E-state index contributed by atoms with van der Waals surface area (Å²) in [5.74, 6) is -0.304. The van der Waals surface area contributed by atoms with Crippen LogP contribution in [0.25, 0.3) is 0 Å². The van der Waals surface area contributed by atoms with Crippen LogP contribution in [0.1, 0.15) is 23.6 Å². The Morgan fingerprint density at radius 2 is 1.64 bits per heavy atom. The number of amides is 1. The van der Waals surface area contributed by atoms with Gasteiger partial charge in [0.25, 0.3) is 5.91 Å². The number of hydrogen-bond donors (Lipinski definition) is 1. The van der Waals surface area contributed by atoms with E-state index in [-0.39, 0.29) is 12.5 Å². The van der Waals surface area contributed by atoms with Crippen LogP contribution < -0.4 is 10.1 Å². The standard InChI is InChI=1S/C20H23NO4/c1-13-10-14(2)19(15(3)11-13)24-12-18(22)25-16(4)20(23)21-17-8-6-5-7-9-17/h5-11,16H,12H2,1-4H3,(H,21,23)/t16-/m1/s1. The summed E-state index contributed by atoms with van der Waals surface area (Å²) in [6.07, 6.45) is -0.906. The van der Waals surface area contributed by atoms with E-state index in [1.807, 2.05) is 51.1 Å². The summed E-state index contributed by atoms with van der Waals surface area (Å²) in [7, 11) is 0. The monoisotopic (exact) mass is 341 g/mol. The molecule has 2 aromatic carbocycles. The first-order valence-electron chi connectivity index (χ1n) is 8.13. The van der Waals surface area contributed by atoms with Crippen molar-refractivity contribution in [2.45, 2.75) is 33.8 Å². The molecule has 132 valence electrons. The summed E-state index contributed by atoms with van der Waals surface area (Å²) in [5, 5.41) is 2.69. The molecule has 0 radical (unpaired) electrons. The molecule has 1 amide bonds. The van der Waals surface area contributed by atoms with Crippen LogP contribution in [0.3, 0.4) is 0 Å². The highest BCUT2D eigenvalue weighted by molar-refractivity contribution is 5.95. The Morgan fingerprint density at radius 3 is 2.24 bits per heavy atom. The number of nitrogens with one attached hydrogen (secondary N) is 1. The smallest absolute Gasteiger partial charge is 0.344 e. The molecule has 1 N–H and O–H groups in total. The van der Waals surface area contributed by atoms with Crippen molar-refractivity contribution < 1.29 is 19.1 Å². The third-order valence-electron chi connectivity index (χ3n) is 3.66. The first kappa shape index (κ1) is 18.5. The molecule has 25 heavy (non-hydrogen) atoms. The minimum absolute atomic E-state index is 0.242. The normalized spacial score (nSPS) is 11.5. The quantitative estimate of drug-likeness (QED) is 0.816. The van der Waals surface area contributed by atoms with Crippen molar-refractivity contribution in [3.05, 3.63) is 59.2 Å². The molecule has 0 saturated carbocycles. The summed E-state index contributed by atoms with van der Waals surface area (Å²) in [6, 6.07) is 13.0. The Morgan fingerprint density at radius 1 is 1.04 bits per heavy atom. The van der Waals surface area contributed by atoms with Crippen LogP contribution >= 0.6 is 0 Å². The molecule has 0 aliphatic carbocycles. The van der Waals surface area contributed by atoms with Crippen molar-refractivity contribution in [3.63, 3.8) is 0 Å². The van der Waals surface area contributed by atoms with E-state index in [1.165, 1.54) is 6.92 Å². The lowest BCUT2D eigenvalue weighted by molar-refractivity contribution is -0.155. The molecule has 0 unspecified atom stereocenters. The van der Waals surface area contributed by atoms with Gasteiger partial charge in [0.2, 0.25) is 0 Å². The van der Waals surface area contributed by atoms with Gasteiger partial charge >= 0.3 is 5.97 Å². The van der Waals surface area contributed by atoms with E-state index in [2.05, 4.69) is 5.32 Å². The molecule has 2 rings (SSSR count). The van der Waals surface area contributed by atoms with Gasteiger partial charge in [-0.25, -0.2) is 4.79 Å². The van der Waals surface area contributed by atoms with Crippen molar-refractivity contribution in [1.82, 2.24) is 0 Å². The highest BCUT2D eigenvalue weighted by atomic mass is 16.6. The third kappa shape index (κ3) is 5.35. The van der Waals surface area contributed by atoms with E-state index in [0.29, 0.717) is 11.4 Å². The molecule has 5 nitrogen and oxygen atoms in total. The highest BCUT2D eigenvalue weighted by Crippen LogP contribution is 2.24. The molecule has 0 bridgehead atoms. The van der Waals surface area contributed by atoms with Crippen LogP contribution in [0.15, 0.2) is 42.5 Å². The molecular weight excluding hydrogens is 318 g/mol. The highest BCUT2D eigenvalue weighted by Gasteiger charge is 2.18. The van der Waals surface area contributed by atoms with Gasteiger partial charge in [-0.1, -0.05) is 35.9 Å². The predicted octanol–water partition coefficient (Wildman–Crippen LogP) is 3.56. The van der Waals surface area contributed by atoms with E-state index < -0.39 is 12.1 Å². The van der Waals surface area contributed by atoms with Crippen LogP contribution in [0, 0.1) is 20.8 Å². The lowest BCUT2D eigenvalue weighted by Gasteiger charge is -2.15. The Balaban J connectivity index is 1.86. The second-order valence-corrected chi connectivity index (χ2v) is 6.00. The van der Waals surface area contributed by atoms with Gasteiger partial charge in [0.05, 0.1) is 0 Å². The Kier molecular flexibility index (Phi) is 6.17. The van der Waals surface area contributed by atoms with E-state index in [0.717, 1.165) is 16.7 Å². The SMILES string of the molecule is Cc1cc(C)c(OCC(=O)O[C@H](C)C(=O)Nc2ccccc2)c(C)c1. The first-order valence-corrected chi connectivity index (χ1v) is 8.13. The number of para-hydroxylation sites is 1. The summed E-state index contributed by atoms with van der Waals surface area (Å²) < 4.78 is 10.7. The number of rotatable bonds is 6. The van der Waals surface area contributed by atoms with Gasteiger partial charge in [-0.2, -0.15) is 0 Å². The van der Waals surface area contributed by atoms with Gasteiger partial charge in [0.1, 0.15) is 5.75 Å². The van der Waals surface area contributed by atoms with Crippen molar-refractivity contribution >= 4 is 17.6 Å². The number of carbonyl (C=O) groups is 2. The van der Waals surface area contributed by atoms with Crippen LogP contribution in [0.4, 0.5) is 5.69 Å². The third-order valence-corrected chi connectivity index (χ3v) is 3.66. The van der Waals surface area contributed by atoms with Crippen molar-refractivity contribution in [2.24, 2.45) is 0 Å². The van der Waals surface area contributed by atoms with Gasteiger partial charge < -0.3 is 14.8 Å². The molecule has 0 aromatic heterocycles. The average Bonchev–Trinajstić information content (AvgIpc) is 2.54. The maximum absolute atomic E-state index is 12.0. The molecule has 0 aliphatic rings. The number of hydrogen-bond acceptors (Lipinski definition) is 4. The number of aryl methyl sites for hydroxylation is 3. The molecule has 0 saturated heterocycles. The molecule has 5 heteroatoms. The minimum atomic E-state index is -0.906. The zero-order valence-corrected chi connectivity index (χ0v) is 15.0. The van der Waals surface area contributed by atoms with Crippen LogP contribution in [-0.4, -0.2) is 24.6 Å². The molecule has 0 aliphatic heterocycles. The van der Waals surface area contributed by atoms with Gasteiger partial charge in [-0.15, -0.1) is 0 Å². The Labute approximate surface area is 148 Å². The molecule has 0 spiro atoms. The van der Waals surface area contributed by atoms with E-state index in [9.17, 15) is 9.59 Å². The second kappa shape index (κ2) is 8.33. The van der Waals surface area contributed by atoms with Gasteiger partial charge in [-0.05, 0) is 51.0 Å². The summed E-state index contributed by atoms with van der Waals surface area (Å²) in [6.45, 7) is 7.14. The zero-order valence-electron chi connectivity index (χ0n) is 15.0. The van der Waals surface area contributed by atoms with E-state index >= 15 is 0 Å². The summed E-state index contributed by atoms with van der Waals surface area (Å²) >= 11 is 0. The summed E-state index contributed by atoms with van der Waals surface area (Å²) in [5.41, 5.74) is 3.70. The van der Waals surface area contributed by atoms with Crippen LogP contribution in [-0.2, 0) is 14.3 Å². The van der Waals surface area contributed by atoms with Crippen molar-refractivity contribution in [1.29, 1.82) is 0 Å². The largest absolute Gasteiger partial charge is 0.481 e. The number of anilines is 1. The molecular formula is C20H23NO4. The Hall–Kier alpha value is -2.82. The lowest BCUT2D eigenvalue weighted by atomic mass is 10.1. The first-order chi connectivity index (χ1) is 11.9. The molecule has 0 heterocycles. The fourth-order valence-corrected chi connectivity index (χ4v) is 2.58. The maximum Gasteiger partial charge on any atom is 0.344 e. The van der Waals surface area contributed by atoms with Gasteiger partial charge in [-0.3, -0.25) is 4.79 Å². The molecule has 1 atom stereocenters. The fraction of sp³-hybridized carbons (Fsp3) is 0.300. The van der Waals surface area contributed by atoms with Crippen molar-refractivity contribution in [2.75, 3.05) is 11.9 Å². The number of carbonyl (C=O) groups excluding carboxylic acids is 2. The van der Waals surface area contributed by atoms with Gasteiger partial charge in [0.15, 0.2) is 12.7 Å². The van der Waals surface area contributed by atoms with Crippen LogP contribution in [0.5, 0.6) is 5.75 Å². The fourth-order valence-electron chi connectivity index (χ4n) is 2.58.